The molecule has 0 heterocycles. The van der Waals surface area contributed by atoms with Crippen molar-refractivity contribution in [3.63, 3.8) is 0 Å². The molecule has 1 aromatic rings. The van der Waals surface area contributed by atoms with Crippen molar-refractivity contribution in [1.82, 2.24) is 0 Å². The van der Waals surface area contributed by atoms with Crippen LogP contribution < -0.4 is 5.73 Å². The summed E-state index contributed by atoms with van der Waals surface area (Å²) in [5, 5.41) is 0. The predicted molar refractivity (Wildman–Crippen MR) is 65.2 cm³/mol. The second kappa shape index (κ2) is 3.52. The van der Waals surface area contributed by atoms with Crippen molar-refractivity contribution < 1.29 is 8.78 Å². The van der Waals surface area contributed by atoms with Crippen LogP contribution in [0.5, 0.6) is 0 Å². The highest BCUT2D eigenvalue weighted by Crippen LogP contribution is 2.49. The van der Waals surface area contributed by atoms with Gasteiger partial charge in [0.25, 0.3) is 5.92 Å². The molecule has 94 valence electrons. The Labute approximate surface area is 101 Å². The summed E-state index contributed by atoms with van der Waals surface area (Å²) in [6.45, 7) is 6.37. The van der Waals surface area contributed by atoms with E-state index in [9.17, 15) is 8.78 Å². The van der Waals surface area contributed by atoms with E-state index in [0.717, 1.165) is 5.56 Å². The van der Waals surface area contributed by atoms with Gasteiger partial charge in [-0.3, -0.25) is 0 Å². The molecule has 0 aliphatic heterocycles. The van der Waals surface area contributed by atoms with Gasteiger partial charge in [-0.1, -0.05) is 45.0 Å². The van der Waals surface area contributed by atoms with Crippen LogP contribution in [-0.2, 0) is 11.0 Å². The molecule has 1 saturated carbocycles. The van der Waals surface area contributed by atoms with E-state index in [4.69, 9.17) is 5.73 Å². The van der Waals surface area contributed by atoms with E-state index >= 15 is 0 Å². The third-order valence-electron chi connectivity index (χ3n) is 3.47. The highest BCUT2D eigenvalue weighted by molar-refractivity contribution is 5.34. The molecule has 1 nitrogen and oxygen atoms in total. The molecule has 1 aromatic carbocycles. The zero-order valence-corrected chi connectivity index (χ0v) is 10.6. The fourth-order valence-electron chi connectivity index (χ4n) is 2.38. The van der Waals surface area contributed by atoms with Crippen molar-refractivity contribution in [2.24, 2.45) is 5.73 Å². The number of halogens is 2. The van der Waals surface area contributed by atoms with Crippen LogP contribution in [0.25, 0.3) is 0 Å². The van der Waals surface area contributed by atoms with Crippen LogP contribution in [0.15, 0.2) is 24.3 Å². The SMILES string of the molecule is CC(C)(C)c1ccc(C2(N)CC(F)(F)C2)cc1. The third-order valence-corrected chi connectivity index (χ3v) is 3.47. The average molecular weight is 239 g/mol. The summed E-state index contributed by atoms with van der Waals surface area (Å²) in [5.74, 6) is -2.59. The number of hydrogen-bond acceptors (Lipinski definition) is 1. The lowest BCUT2D eigenvalue weighted by atomic mass is 9.69. The molecule has 1 aliphatic rings. The maximum absolute atomic E-state index is 12.9. The summed E-state index contributed by atoms with van der Waals surface area (Å²) < 4.78 is 25.8. The van der Waals surface area contributed by atoms with Gasteiger partial charge in [-0.25, -0.2) is 8.78 Å². The van der Waals surface area contributed by atoms with Gasteiger partial charge in [0.1, 0.15) is 0 Å². The summed E-state index contributed by atoms with van der Waals surface area (Å²) >= 11 is 0. The van der Waals surface area contributed by atoms with Crippen LogP contribution in [0.3, 0.4) is 0 Å². The lowest BCUT2D eigenvalue weighted by molar-refractivity contribution is -0.125. The number of alkyl halides is 2. The van der Waals surface area contributed by atoms with Crippen molar-refractivity contribution in [3.05, 3.63) is 35.4 Å². The fraction of sp³-hybridized carbons (Fsp3) is 0.571. The molecule has 0 atom stereocenters. The molecule has 3 heteroatoms. The molecule has 2 rings (SSSR count). The molecular formula is C14H19F2N. The zero-order valence-electron chi connectivity index (χ0n) is 10.6. The molecule has 0 aromatic heterocycles. The van der Waals surface area contributed by atoms with Gasteiger partial charge in [0.2, 0.25) is 0 Å². The van der Waals surface area contributed by atoms with Crippen LogP contribution in [0, 0.1) is 0 Å². The van der Waals surface area contributed by atoms with E-state index in [1.165, 1.54) is 5.56 Å². The van der Waals surface area contributed by atoms with E-state index in [1.54, 1.807) is 0 Å². The van der Waals surface area contributed by atoms with Crippen molar-refractivity contribution in [3.8, 4) is 0 Å². The first-order valence-corrected chi connectivity index (χ1v) is 5.90. The number of benzene rings is 1. The molecule has 0 amide bonds. The van der Waals surface area contributed by atoms with Gasteiger partial charge >= 0.3 is 0 Å². The molecular weight excluding hydrogens is 220 g/mol. The largest absolute Gasteiger partial charge is 0.321 e. The first kappa shape index (κ1) is 12.5. The Balaban J connectivity index is 2.20. The summed E-state index contributed by atoms with van der Waals surface area (Å²) in [5.41, 5.74) is 7.23. The monoisotopic (exact) mass is 239 g/mol. The highest BCUT2D eigenvalue weighted by atomic mass is 19.3. The number of hydrogen-bond donors (Lipinski definition) is 1. The van der Waals surface area contributed by atoms with Gasteiger partial charge in [-0.2, -0.15) is 0 Å². The third kappa shape index (κ3) is 2.34. The molecule has 0 spiro atoms. The van der Waals surface area contributed by atoms with Gasteiger partial charge in [-0.15, -0.1) is 0 Å². The Hall–Kier alpha value is -0.960. The van der Waals surface area contributed by atoms with Gasteiger partial charge in [0.15, 0.2) is 0 Å². The van der Waals surface area contributed by atoms with E-state index < -0.39 is 11.5 Å². The molecule has 0 saturated heterocycles. The zero-order chi connectivity index (χ0) is 12.9. The van der Waals surface area contributed by atoms with E-state index in [0.29, 0.717) is 0 Å². The lowest BCUT2D eigenvalue weighted by Gasteiger charge is -2.45. The Morgan fingerprint density at radius 1 is 1.06 bits per heavy atom. The number of nitrogens with two attached hydrogens (primary N) is 1. The normalized spacial score (nSPS) is 22.0. The Morgan fingerprint density at radius 3 is 1.88 bits per heavy atom. The minimum atomic E-state index is -2.59. The standard InChI is InChI=1S/C14H19F2N/c1-12(2,3)10-4-6-11(7-5-10)13(17)8-14(15,16)9-13/h4-7H,8-9,17H2,1-3H3. The van der Waals surface area contributed by atoms with E-state index in [-0.39, 0.29) is 18.3 Å². The average Bonchev–Trinajstić information content (AvgIpc) is 2.13. The fourth-order valence-corrected chi connectivity index (χ4v) is 2.38. The van der Waals surface area contributed by atoms with Crippen LogP contribution in [-0.4, -0.2) is 5.92 Å². The second-order valence-corrected chi connectivity index (χ2v) is 6.19. The van der Waals surface area contributed by atoms with Crippen molar-refractivity contribution in [2.45, 2.75) is 50.5 Å². The van der Waals surface area contributed by atoms with Gasteiger partial charge in [0.05, 0.1) is 5.54 Å². The first-order chi connectivity index (χ1) is 7.62. The lowest BCUT2D eigenvalue weighted by Crippen LogP contribution is -2.55. The van der Waals surface area contributed by atoms with Crippen molar-refractivity contribution in [1.29, 1.82) is 0 Å². The second-order valence-electron chi connectivity index (χ2n) is 6.19. The van der Waals surface area contributed by atoms with Crippen LogP contribution in [0.2, 0.25) is 0 Å². The first-order valence-electron chi connectivity index (χ1n) is 5.90. The van der Waals surface area contributed by atoms with Gasteiger partial charge < -0.3 is 5.73 Å². The molecule has 2 N–H and O–H groups in total. The molecule has 1 fully saturated rings. The number of rotatable bonds is 1. The smallest absolute Gasteiger partial charge is 0.252 e. The summed E-state index contributed by atoms with van der Waals surface area (Å²) in [7, 11) is 0. The maximum Gasteiger partial charge on any atom is 0.252 e. The molecule has 0 unspecified atom stereocenters. The Bertz CT molecular complexity index is 407. The summed E-state index contributed by atoms with van der Waals surface area (Å²) in [6.07, 6.45) is -0.482. The Morgan fingerprint density at radius 2 is 1.53 bits per heavy atom. The summed E-state index contributed by atoms with van der Waals surface area (Å²) in [6, 6.07) is 7.74. The highest BCUT2D eigenvalue weighted by Gasteiger charge is 2.55. The maximum atomic E-state index is 12.9. The minimum absolute atomic E-state index is 0.0733. The van der Waals surface area contributed by atoms with E-state index in [2.05, 4.69) is 20.8 Å². The van der Waals surface area contributed by atoms with E-state index in [1.807, 2.05) is 24.3 Å². The van der Waals surface area contributed by atoms with Crippen LogP contribution in [0.4, 0.5) is 8.78 Å². The minimum Gasteiger partial charge on any atom is -0.321 e. The van der Waals surface area contributed by atoms with Gasteiger partial charge in [0, 0.05) is 12.8 Å². The molecule has 1 aliphatic carbocycles. The molecule has 0 bridgehead atoms. The summed E-state index contributed by atoms with van der Waals surface area (Å²) in [4.78, 5) is 0. The van der Waals surface area contributed by atoms with Crippen molar-refractivity contribution >= 4 is 0 Å². The van der Waals surface area contributed by atoms with Crippen molar-refractivity contribution in [2.75, 3.05) is 0 Å². The van der Waals surface area contributed by atoms with Crippen LogP contribution >= 0.6 is 0 Å². The Kier molecular flexibility index (Phi) is 2.58. The van der Waals surface area contributed by atoms with Gasteiger partial charge in [-0.05, 0) is 16.5 Å². The predicted octanol–water partition coefficient (Wildman–Crippen LogP) is 3.57. The quantitative estimate of drug-likeness (QED) is 0.796. The van der Waals surface area contributed by atoms with Crippen LogP contribution in [0.1, 0.15) is 44.7 Å². The topological polar surface area (TPSA) is 26.0 Å². The molecule has 0 radical (unpaired) electrons. The molecule has 17 heavy (non-hydrogen) atoms.